The molecule has 2 aromatic rings. The average molecular weight is 354 g/mol. The summed E-state index contributed by atoms with van der Waals surface area (Å²) >= 11 is 12.6. The highest BCUT2D eigenvalue weighted by molar-refractivity contribution is 8.00. The molecular formula is C16H11Cl2O3S-. The number of thioether (sulfide) groups is 1. The summed E-state index contributed by atoms with van der Waals surface area (Å²) in [5, 5.41) is 11.4. The molecule has 0 aromatic heterocycles. The molecule has 0 heterocycles. The zero-order chi connectivity index (χ0) is 16.1. The first-order chi connectivity index (χ1) is 10.5. The number of carboxylic acid groups (broad SMARTS) is 1. The maximum atomic E-state index is 12.1. The van der Waals surface area contributed by atoms with Crippen LogP contribution in [0.25, 0.3) is 0 Å². The molecule has 0 aliphatic rings. The van der Waals surface area contributed by atoms with Gasteiger partial charge in [0.15, 0.2) is 5.78 Å². The number of halogens is 2. The second-order valence-electron chi connectivity index (χ2n) is 4.51. The second kappa shape index (κ2) is 7.68. The van der Waals surface area contributed by atoms with Crippen LogP contribution in [-0.2, 0) is 4.79 Å². The number of carbonyl (C=O) groups excluding carboxylic acids is 2. The fourth-order valence-electron chi connectivity index (χ4n) is 1.77. The number of hydrogen-bond acceptors (Lipinski definition) is 4. The van der Waals surface area contributed by atoms with Crippen LogP contribution in [-0.4, -0.2) is 17.0 Å². The summed E-state index contributed by atoms with van der Waals surface area (Å²) in [5.74, 6) is -1.55. The van der Waals surface area contributed by atoms with Gasteiger partial charge in [0.05, 0.1) is 11.2 Å². The van der Waals surface area contributed by atoms with E-state index in [2.05, 4.69) is 0 Å². The Kier molecular flexibility index (Phi) is 5.89. The summed E-state index contributed by atoms with van der Waals surface area (Å²) in [5.41, 5.74) is 0.423. The summed E-state index contributed by atoms with van der Waals surface area (Å²) in [4.78, 5) is 24.1. The van der Waals surface area contributed by atoms with Gasteiger partial charge >= 0.3 is 0 Å². The molecule has 0 radical (unpaired) electrons. The average Bonchev–Trinajstić information content (AvgIpc) is 2.49. The standard InChI is InChI=1S/C16H12Cl2O3S/c17-11-3-1-10(2-4-11)14(19)9-15(16(20)21)22-13-7-5-12(18)6-8-13/h1-8,15H,9H2,(H,20,21)/p-1/t15-/m0/s1. The SMILES string of the molecule is O=C(C[C@H](Sc1ccc(Cl)cc1)C(=O)[O-])c1ccc(Cl)cc1. The van der Waals surface area contributed by atoms with Gasteiger partial charge < -0.3 is 9.90 Å². The van der Waals surface area contributed by atoms with Crippen LogP contribution in [0.2, 0.25) is 10.0 Å². The van der Waals surface area contributed by atoms with E-state index in [0.717, 1.165) is 11.8 Å². The predicted molar refractivity (Wildman–Crippen MR) is 86.5 cm³/mol. The zero-order valence-corrected chi connectivity index (χ0v) is 13.6. The molecule has 0 unspecified atom stereocenters. The largest absolute Gasteiger partial charge is 0.549 e. The van der Waals surface area contributed by atoms with Gasteiger partial charge in [0.25, 0.3) is 0 Å². The van der Waals surface area contributed by atoms with E-state index < -0.39 is 11.2 Å². The predicted octanol–water partition coefficient (Wildman–Crippen LogP) is 3.48. The topological polar surface area (TPSA) is 57.2 Å². The van der Waals surface area contributed by atoms with Crippen molar-refractivity contribution in [2.75, 3.05) is 0 Å². The van der Waals surface area contributed by atoms with Crippen molar-refractivity contribution in [2.45, 2.75) is 16.6 Å². The summed E-state index contributed by atoms with van der Waals surface area (Å²) in [6.45, 7) is 0. The quantitative estimate of drug-likeness (QED) is 0.589. The van der Waals surface area contributed by atoms with Crippen LogP contribution in [0.4, 0.5) is 0 Å². The van der Waals surface area contributed by atoms with Crippen molar-refractivity contribution in [1.29, 1.82) is 0 Å². The van der Waals surface area contributed by atoms with E-state index in [1.165, 1.54) is 0 Å². The Labute approximate surface area is 142 Å². The summed E-state index contributed by atoms with van der Waals surface area (Å²) in [7, 11) is 0. The molecular weight excluding hydrogens is 343 g/mol. The van der Waals surface area contributed by atoms with E-state index in [1.807, 2.05) is 0 Å². The molecule has 0 N–H and O–H groups in total. The smallest absolute Gasteiger partial charge is 0.164 e. The van der Waals surface area contributed by atoms with Gasteiger partial charge in [-0.05, 0) is 48.5 Å². The molecule has 2 aromatic carbocycles. The molecule has 6 heteroatoms. The zero-order valence-electron chi connectivity index (χ0n) is 11.3. The van der Waals surface area contributed by atoms with Crippen LogP contribution in [0.5, 0.6) is 0 Å². The monoisotopic (exact) mass is 353 g/mol. The Bertz CT molecular complexity index is 669. The fourth-order valence-corrected chi connectivity index (χ4v) is 2.98. The number of aliphatic carboxylic acids is 1. The Balaban J connectivity index is 2.08. The maximum absolute atomic E-state index is 12.1. The van der Waals surface area contributed by atoms with Gasteiger partial charge in [-0.2, -0.15) is 0 Å². The van der Waals surface area contributed by atoms with Crippen LogP contribution in [0.15, 0.2) is 53.4 Å². The lowest BCUT2D eigenvalue weighted by molar-refractivity contribution is -0.304. The minimum Gasteiger partial charge on any atom is -0.549 e. The Morgan fingerprint density at radius 1 is 0.955 bits per heavy atom. The molecule has 0 saturated carbocycles. The first-order valence-electron chi connectivity index (χ1n) is 6.37. The van der Waals surface area contributed by atoms with Gasteiger partial charge in [-0.1, -0.05) is 23.2 Å². The molecule has 2 rings (SSSR count). The van der Waals surface area contributed by atoms with Crippen LogP contribution in [0.3, 0.4) is 0 Å². The number of hydrogen-bond donors (Lipinski definition) is 0. The lowest BCUT2D eigenvalue weighted by Gasteiger charge is -2.17. The normalized spacial score (nSPS) is 11.9. The molecule has 0 saturated heterocycles. The van der Waals surface area contributed by atoms with Crippen molar-refractivity contribution in [1.82, 2.24) is 0 Å². The lowest BCUT2D eigenvalue weighted by Crippen LogP contribution is -2.35. The van der Waals surface area contributed by atoms with Crippen molar-refractivity contribution in [3.63, 3.8) is 0 Å². The number of ketones is 1. The Hall–Kier alpha value is -1.49. The van der Waals surface area contributed by atoms with Gasteiger partial charge in [0, 0.05) is 26.9 Å². The third-order valence-electron chi connectivity index (χ3n) is 2.89. The first kappa shape index (κ1) is 16.9. The highest BCUT2D eigenvalue weighted by Gasteiger charge is 2.18. The van der Waals surface area contributed by atoms with Crippen molar-refractivity contribution < 1.29 is 14.7 Å². The van der Waals surface area contributed by atoms with Gasteiger partial charge in [0.1, 0.15) is 0 Å². The molecule has 0 fully saturated rings. The number of carboxylic acids is 1. The van der Waals surface area contributed by atoms with Crippen molar-refractivity contribution in [3.05, 3.63) is 64.1 Å². The molecule has 3 nitrogen and oxygen atoms in total. The lowest BCUT2D eigenvalue weighted by atomic mass is 10.1. The Morgan fingerprint density at radius 2 is 1.45 bits per heavy atom. The fraction of sp³-hybridized carbons (Fsp3) is 0.125. The number of Topliss-reactive ketones (excluding diaryl/α,β-unsaturated/α-hetero) is 1. The molecule has 0 spiro atoms. The summed E-state index contributed by atoms with van der Waals surface area (Å²) < 4.78 is 0. The molecule has 0 aliphatic carbocycles. The van der Waals surface area contributed by atoms with E-state index in [1.54, 1.807) is 48.5 Å². The van der Waals surface area contributed by atoms with Crippen molar-refractivity contribution >= 4 is 46.7 Å². The van der Waals surface area contributed by atoms with Crippen molar-refractivity contribution in [2.24, 2.45) is 0 Å². The third-order valence-corrected chi connectivity index (χ3v) is 4.58. The van der Waals surface area contributed by atoms with Crippen molar-refractivity contribution in [3.8, 4) is 0 Å². The molecule has 0 aliphatic heterocycles. The highest BCUT2D eigenvalue weighted by Crippen LogP contribution is 2.27. The van der Waals surface area contributed by atoms with E-state index in [4.69, 9.17) is 23.2 Å². The number of rotatable bonds is 6. The van der Waals surface area contributed by atoms with Crippen LogP contribution in [0, 0.1) is 0 Å². The van der Waals surface area contributed by atoms with E-state index >= 15 is 0 Å². The highest BCUT2D eigenvalue weighted by atomic mass is 35.5. The van der Waals surface area contributed by atoms with Crippen LogP contribution >= 0.6 is 35.0 Å². The molecule has 114 valence electrons. The molecule has 0 bridgehead atoms. The van der Waals surface area contributed by atoms with Gasteiger partial charge in [-0.15, -0.1) is 11.8 Å². The van der Waals surface area contributed by atoms with Gasteiger partial charge in [0.2, 0.25) is 0 Å². The minimum absolute atomic E-state index is 0.155. The summed E-state index contributed by atoms with van der Waals surface area (Å²) in [6.07, 6.45) is -0.155. The minimum atomic E-state index is -1.28. The van der Waals surface area contributed by atoms with Crippen LogP contribution < -0.4 is 5.11 Å². The van der Waals surface area contributed by atoms with Gasteiger partial charge in [-0.3, -0.25) is 4.79 Å². The van der Waals surface area contributed by atoms with Crippen LogP contribution in [0.1, 0.15) is 16.8 Å². The molecule has 1 atom stereocenters. The van der Waals surface area contributed by atoms with E-state index in [-0.39, 0.29) is 12.2 Å². The number of carbonyl (C=O) groups is 2. The summed E-state index contributed by atoms with van der Waals surface area (Å²) in [6, 6.07) is 13.1. The molecule has 0 amide bonds. The second-order valence-corrected chi connectivity index (χ2v) is 6.66. The Morgan fingerprint density at radius 3 is 1.95 bits per heavy atom. The molecule has 22 heavy (non-hydrogen) atoms. The number of benzene rings is 2. The van der Waals surface area contributed by atoms with Gasteiger partial charge in [-0.25, -0.2) is 0 Å². The van der Waals surface area contributed by atoms with E-state index in [0.29, 0.717) is 20.5 Å². The maximum Gasteiger partial charge on any atom is 0.164 e. The third kappa shape index (κ3) is 4.77. The first-order valence-corrected chi connectivity index (χ1v) is 8.01. The van der Waals surface area contributed by atoms with E-state index in [9.17, 15) is 14.7 Å².